The third-order valence-electron chi connectivity index (χ3n) is 3.32. The minimum atomic E-state index is 0.609. The fraction of sp³-hybridized carbons (Fsp3) is 0.571. The third-order valence-corrected chi connectivity index (χ3v) is 3.32. The number of hydrogen-bond acceptors (Lipinski definition) is 2. The molecular formula is C14H22N2. The van der Waals surface area contributed by atoms with Crippen LogP contribution in [-0.2, 0) is 0 Å². The number of fused-ring (bicyclic) bond motifs is 1. The molecule has 88 valence electrons. The molecule has 2 N–H and O–H groups in total. The van der Waals surface area contributed by atoms with Gasteiger partial charge in [0.05, 0.1) is 0 Å². The van der Waals surface area contributed by atoms with Crippen molar-refractivity contribution in [3.8, 4) is 0 Å². The maximum absolute atomic E-state index is 3.56. The maximum Gasteiger partial charge on any atom is 0.0376 e. The first kappa shape index (κ1) is 11.5. The van der Waals surface area contributed by atoms with Crippen molar-refractivity contribution in [2.24, 2.45) is 0 Å². The average Bonchev–Trinajstić information content (AvgIpc) is 2.70. The van der Waals surface area contributed by atoms with Crippen molar-refractivity contribution in [2.45, 2.75) is 38.6 Å². The van der Waals surface area contributed by atoms with Gasteiger partial charge in [-0.3, -0.25) is 0 Å². The highest BCUT2D eigenvalue weighted by atomic mass is 14.9. The van der Waals surface area contributed by atoms with Gasteiger partial charge in [-0.25, -0.2) is 0 Å². The molecule has 0 amide bonds. The summed E-state index contributed by atoms with van der Waals surface area (Å²) in [6, 6.07) is 9.29. The predicted molar refractivity (Wildman–Crippen MR) is 70.0 cm³/mol. The number of rotatable bonds is 5. The zero-order valence-corrected chi connectivity index (χ0v) is 10.3. The molecule has 2 heteroatoms. The lowest BCUT2D eigenvalue weighted by atomic mass is 9.94. The van der Waals surface area contributed by atoms with Crippen LogP contribution in [-0.4, -0.2) is 19.1 Å². The first-order valence-corrected chi connectivity index (χ1v) is 6.37. The van der Waals surface area contributed by atoms with Gasteiger partial charge in [-0.05, 0) is 37.9 Å². The summed E-state index contributed by atoms with van der Waals surface area (Å²) in [6.07, 6.45) is 2.44. The maximum atomic E-state index is 3.56. The lowest BCUT2D eigenvalue weighted by Gasteiger charge is -2.17. The van der Waals surface area contributed by atoms with E-state index in [0.717, 1.165) is 13.1 Å². The van der Waals surface area contributed by atoms with Crippen molar-refractivity contribution < 1.29 is 0 Å². The van der Waals surface area contributed by atoms with Crippen LogP contribution in [0.25, 0.3) is 0 Å². The highest BCUT2D eigenvalue weighted by molar-refractivity contribution is 5.57. The van der Waals surface area contributed by atoms with E-state index in [1.54, 1.807) is 0 Å². The van der Waals surface area contributed by atoms with E-state index in [0.29, 0.717) is 12.0 Å². The first-order chi connectivity index (χ1) is 7.81. The van der Waals surface area contributed by atoms with E-state index >= 15 is 0 Å². The molecule has 2 atom stereocenters. The third kappa shape index (κ3) is 2.56. The van der Waals surface area contributed by atoms with Gasteiger partial charge >= 0.3 is 0 Å². The van der Waals surface area contributed by atoms with E-state index in [1.165, 1.54) is 24.1 Å². The normalized spacial score (nSPS) is 20.2. The van der Waals surface area contributed by atoms with E-state index in [-0.39, 0.29) is 0 Å². The molecule has 0 spiro atoms. The van der Waals surface area contributed by atoms with E-state index in [9.17, 15) is 0 Å². The molecule has 2 unspecified atom stereocenters. The SMILES string of the molecule is CCCNC(C)CC1CNc2ccccc21. The molecule has 0 saturated carbocycles. The van der Waals surface area contributed by atoms with Gasteiger partial charge in [0.1, 0.15) is 0 Å². The standard InChI is InChI=1S/C14H22N2/c1-3-8-15-11(2)9-12-10-16-14-7-5-4-6-13(12)14/h4-7,11-12,15-16H,3,8-10H2,1-2H3. The molecular weight excluding hydrogens is 196 g/mol. The summed E-state index contributed by atoms with van der Waals surface area (Å²) in [7, 11) is 0. The van der Waals surface area contributed by atoms with E-state index < -0.39 is 0 Å². The summed E-state index contributed by atoms with van der Waals surface area (Å²) in [6.45, 7) is 6.73. The minimum Gasteiger partial charge on any atom is -0.384 e. The number of para-hydroxylation sites is 1. The fourth-order valence-electron chi connectivity index (χ4n) is 2.47. The zero-order chi connectivity index (χ0) is 11.4. The Labute approximate surface area is 98.4 Å². The Balaban J connectivity index is 1.92. The summed E-state index contributed by atoms with van der Waals surface area (Å²) < 4.78 is 0. The van der Waals surface area contributed by atoms with Gasteiger partial charge in [-0.1, -0.05) is 25.1 Å². The van der Waals surface area contributed by atoms with Crippen molar-refractivity contribution in [2.75, 3.05) is 18.4 Å². The molecule has 0 radical (unpaired) electrons. The van der Waals surface area contributed by atoms with E-state index in [4.69, 9.17) is 0 Å². The van der Waals surface area contributed by atoms with Crippen LogP contribution in [0.1, 0.15) is 38.2 Å². The van der Waals surface area contributed by atoms with Crippen molar-refractivity contribution in [3.05, 3.63) is 29.8 Å². The Morgan fingerprint density at radius 1 is 1.44 bits per heavy atom. The van der Waals surface area contributed by atoms with Crippen LogP contribution in [0.3, 0.4) is 0 Å². The predicted octanol–water partition coefficient (Wildman–Crippen LogP) is 2.97. The Bertz CT molecular complexity index is 335. The molecule has 0 fully saturated rings. The van der Waals surface area contributed by atoms with Crippen molar-refractivity contribution in [1.82, 2.24) is 5.32 Å². The van der Waals surface area contributed by atoms with E-state index in [2.05, 4.69) is 48.7 Å². The number of hydrogen-bond donors (Lipinski definition) is 2. The Kier molecular flexibility index (Phi) is 3.83. The van der Waals surface area contributed by atoms with Gasteiger partial charge in [0, 0.05) is 24.2 Å². The van der Waals surface area contributed by atoms with Gasteiger partial charge in [-0.15, -0.1) is 0 Å². The molecule has 1 heterocycles. The molecule has 0 saturated heterocycles. The van der Waals surface area contributed by atoms with Crippen molar-refractivity contribution in [3.63, 3.8) is 0 Å². The molecule has 1 aromatic carbocycles. The number of anilines is 1. The molecule has 0 bridgehead atoms. The van der Waals surface area contributed by atoms with Gasteiger partial charge < -0.3 is 10.6 Å². The molecule has 1 aromatic rings. The molecule has 0 aromatic heterocycles. The number of nitrogens with one attached hydrogen (secondary N) is 2. The summed E-state index contributed by atoms with van der Waals surface area (Å²) >= 11 is 0. The fourth-order valence-corrected chi connectivity index (χ4v) is 2.47. The lowest BCUT2D eigenvalue weighted by molar-refractivity contribution is 0.478. The highest BCUT2D eigenvalue weighted by Crippen LogP contribution is 2.33. The van der Waals surface area contributed by atoms with Crippen molar-refractivity contribution in [1.29, 1.82) is 0 Å². The second kappa shape index (κ2) is 5.35. The molecule has 2 rings (SSSR count). The number of benzene rings is 1. The first-order valence-electron chi connectivity index (χ1n) is 6.37. The average molecular weight is 218 g/mol. The van der Waals surface area contributed by atoms with Gasteiger partial charge in [0.25, 0.3) is 0 Å². The van der Waals surface area contributed by atoms with Crippen LogP contribution >= 0.6 is 0 Å². The van der Waals surface area contributed by atoms with Crippen LogP contribution in [0.15, 0.2) is 24.3 Å². The summed E-state index contributed by atoms with van der Waals surface area (Å²) in [5, 5.41) is 7.05. The topological polar surface area (TPSA) is 24.1 Å². The molecule has 16 heavy (non-hydrogen) atoms. The second-order valence-corrected chi connectivity index (χ2v) is 4.76. The smallest absolute Gasteiger partial charge is 0.0376 e. The Morgan fingerprint density at radius 3 is 3.06 bits per heavy atom. The monoisotopic (exact) mass is 218 g/mol. The summed E-state index contributed by atoms with van der Waals surface area (Å²) in [5.74, 6) is 0.676. The molecule has 1 aliphatic rings. The lowest BCUT2D eigenvalue weighted by Crippen LogP contribution is -2.28. The van der Waals surface area contributed by atoms with Crippen LogP contribution in [0.2, 0.25) is 0 Å². The minimum absolute atomic E-state index is 0.609. The largest absolute Gasteiger partial charge is 0.384 e. The van der Waals surface area contributed by atoms with Crippen LogP contribution < -0.4 is 10.6 Å². The van der Waals surface area contributed by atoms with Gasteiger partial charge in [-0.2, -0.15) is 0 Å². The van der Waals surface area contributed by atoms with Crippen LogP contribution in [0.4, 0.5) is 5.69 Å². The summed E-state index contributed by atoms with van der Waals surface area (Å²) in [5.41, 5.74) is 2.82. The Hall–Kier alpha value is -1.02. The van der Waals surface area contributed by atoms with Crippen LogP contribution in [0, 0.1) is 0 Å². The van der Waals surface area contributed by atoms with Crippen molar-refractivity contribution >= 4 is 5.69 Å². The highest BCUT2D eigenvalue weighted by Gasteiger charge is 2.22. The van der Waals surface area contributed by atoms with Gasteiger partial charge in [0.15, 0.2) is 0 Å². The van der Waals surface area contributed by atoms with Gasteiger partial charge in [0.2, 0.25) is 0 Å². The molecule has 2 nitrogen and oxygen atoms in total. The summed E-state index contributed by atoms with van der Waals surface area (Å²) in [4.78, 5) is 0. The molecule has 0 aliphatic carbocycles. The quantitative estimate of drug-likeness (QED) is 0.794. The second-order valence-electron chi connectivity index (χ2n) is 4.76. The van der Waals surface area contributed by atoms with Crippen LogP contribution in [0.5, 0.6) is 0 Å². The Morgan fingerprint density at radius 2 is 2.25 bits per heavy atom. The molecule has 1 aliphatic heterocycles. The van der Waals surface area contributed by atoms with E-state index in [1.807, 2.05) is 0 Å². The zero-order valence-electron chi connectivity index (χ0n) is 10.3.